The Morgan fingerprint density at radius 1 is 1.19 bits per heavy atom. The van der Waals surface area contributed by atoms with E-state index in [0.717, 1.165) is 19.4 Å². The molecule has 1 saturated heterocycles. The van der Waals surface area contributed by atoms with Crippen LogP contribution in [0.4, 0.5) is 5.69 Å². The predicted octanol–water partition coefficient (Wildman–Crippen LogP) is 4.24. The highest BCUT2D eigenvalue weighted by Crippen LogP contribution is 2.31. The summed E-state index contributed by atoms with van der Waals surface area (Å²) in [5, 5.41) is 4.18. The average molecular weight is 443 g/mol. The molecule has 2 aromatic carbocycles. The van der Waals surface area contributed by atoms with E-state index >= 15 is 0 Å². The first-order valence-corrected chi connectivity index (χ1v) is 10.3. The largest absolute Gasteiger partial charge is 0.497 e. The number of hydrogen-bond donors (Lipinski definition) is 1. The van der Waals surface area contributed by atoms with Crippen molar-refractivity contribution in [2.24, 2.45) is 4.99 Å². The van der Waals surface area contributed by atoms with Crippen molar-refractivity contribution in [3.05, 3.63) is 58.6 Å². The summed E-state index contributed by atoms with van der Waals surface area (Å²) >= 11 is 6.12. The van der Waals surface area contributed by atoms with Gasteiger partial charge in [-0.05, 0) is 49.2 Å². The van der Waals surface area contributed by atoms with Crippen molar-refractivity contribution < 1.29 is 23.4 Å². The minimum Gasteiger partial charge on any atom is -0.497 e. The third-order valence-electron chi connectivity index (χ3n) is 5.08. The standard InChI is InChI=1S/C23H23ClN2O5/c1-28-16-6-7-19(21(12-16)29-2)26-23-18(22(27)25-13-17-4-3-9-30-17)11-14-10-15(24)5-8-20(14)31-23/h5-8,10-12,17H,3-4,9,13H2,1-2H3,(H,25,27)/t17-/m0/s1. The monoisotopic (exact) mass is 442 g/mol. The highest BCUT2D eigenvalue weighted by molar-refractivity contribution is 6.31. The lowest BCUT2D eigenvalue weighted by Crippen LogP contribution is -2.34. The van der Waals surface area contributed by atoms with Gasteiger partial charge in [0, 0.05) is 29.6 Å². The Balaban J connectivity index is 1.78. The van der Waals surface area contributed by atoms with E-state index in [4.69, 9.17) is 30.2 Å². The molecule has 0 aliphatic carbocycles. The van der Waals surface area contributed by atoms with Crippen molar-refractivity contribution in [1.29, 1.82) is 0 Å². The van der Waals surface area contributed by atoms with Crippen molar-refractivity contribution in [2.75, 3.05) is 27.4 Å². The van der Waals surface area contributed by atoms with Gasteiger partial charge in [0.1, 0.15) is 28.3 Å². The summed E-state index contributed by atoms with van der Waals surface area (Å²) in [5.41, 5.74) is 1.54. The van der Waals surface area contributed by atoms with E-state index in [-0.39, 0.29) is 17.6 Å². The molecule has 0 saturated carbocycles. The van der Waals surface area contributed by atoms with Crippen molar-refractivity contribution in [3.63, 3.8) is 0 Å². The van der Waals surface area contributed by atoms with Crippen LogP contribution in [0.15, 0.2) is 51.9 Å². The molecule has 162 valence electrons. The van der Waals surface area contributed by atoms with Crippen LogP contribution in [0.5, 0.6) is 11.5 Å². The minimum atomic E-state index is -0.299. The second kappa shape index (κ2) is 9.41. The van der Waals surface area contributed by atoms with Crippen LogP contribution >= 0.6 is 11.6 Å². The Morgan fingerprint density at radius 3 is 2.81 bits per heavy atom. The topological polar surface area (TPSA) is 82.3 Å². The highest BCUT2D eigenvalue weighted by Gasteiger charge is 2.19. The molecule has 1 atom stereocenters. The van der Waals surface area contributed by atoms with Crippen LogP contribution in [0.2, 0.25) is 5.02 Å². The van der Waals surface area contributed by atoms with Crippen LogP contribution in [0.25, 0.3) is 11.0 Å². The van der Waals surface area contributed by atoms with Crippen LogP contribution in [0.1, 0.15) is 23.2 Å². The van der Waals surface area contributed by atoms with E-state index in [1.165, 1.54) is 0 Å². The van der Waals surface area contributed by atoms with Gasteiger partial charge in [-0.25, -0.2) is 4.99 Å². The Kier molecular flexibility index (Phi) is 6.44. The summed E-state index contributed by atoms with van der Waals surface area (Å²) in [4.78, 5) is 17.6. The lowest BCUT2D eigenvalue weighted by Gasteiger charge is -2.11. The highest BCUT2D eigenvalue weighted by atomic mass is 35.5. The van der Waals surface area contributed by atoms with Gasteiger partial charge in [-0.1, -0.05) is 11.6 Å². The van der Waals surface area contributed by atoms with Gasteiger partial charge in [0.25, 0.3) is 5.91 Å². The molecule has 0 unspecified atom stereocenters. The number of ether oxygens (including phenoxy) is 3. The zero-order chi connectivity index (χ0) is 21.8. The van der Waals surface area contributed by atoms with Crippen molar-refractivity contribution in [3.8, 4) is 11.5 Å². The number of carbonyl (C=O) groups excluding carboxylic acids is 1. The molecule has 3 aromatic rings. The molecule has 1 aromatic heterocycles. The summed E-state index contributed by atoms with van der Waals surface area (Å²) in [6.07, 6.45) is 1.96. The van der Waals surface area contributed by atoms with Crippen LogP contribution in [-0.2, 0) is 4.74 Å². The molecular weight excluding hydrogens is 420 g/mol. The number of amides is 1. The minimum absolute atomic E-state index is 0.0258. The lowest BCUT2D eigenvalue weighted by molar-refractivity contribution is 0.0854. The quantitative estimate of drug-likeness (QED) is 0.617. The smallest absolute Gasteiger partial charge is 0.256 e. The summed E-state index contributed by atoms with van der Waals surface area (Å²) < 4.78 is 22.3. The molecule has 0 bridgehead atoms. The first-order valence-electron chi connectivity index (χ1n) is 9.97. The zero-order valence-electron chi connectivity index (χ0n) is 17.3. The maximum atomic E-state index is 13.0. The van der Waals surface area contributed by atoms with Crippen LogP contribution in [0.3, 0.4) is 0 Å². The Bertz CT molecular complexity index is 1170. The molecule has 31 heavy (non-hydrogen) atoms. The zero-order valence-corrected chi connectivity index (χ0v) is 18.1. The Labute approximate surface area is 184 Å². The van der Waals surface area contributed by atoms with Crippen LogP contribution < -0.4 is 20.3 Å². The first-order chi connectivity index (χ1) is 15.1. The second-order valence-corrected chi connectivity index (χ2v) is 7.58. The van der Waals surface area contributed by atoms with Gasteiger partial charge in [0.05, 0.1) is 20.3 Å². The SMILES string of the molecule is COc1ccc(N=c2oc3ccc(Cl)cc3cc2C(=O)NC[C@@H]2CCCO2)c(OC)c1. The van der Waals surface area contributed by atoms with Crippen molar-refractivity contribution in [1.82, 2.24) is 5.32 Å². The third kappa shape index (κ3) is 4.84. The van der Waals surface area contributed by atoms with Crippen LogP contribution in [-0.4, -0.2) is 39.4 Å². The molecule has 8 heteroatoms. The number of rotatable bonds is 6. The van der Waals surface area contributed by atoms with Crippen LogP contribution in [0, 0.1) is 0 Å². The fraction of sp³-hybridized carbons (Fsp3) is 0.304. The molecule has 2 heterocycles. The van der Waals surface area contributed by atoms with Gasteiger partial charge in [-0.2, -0.15) is 0 Å². The normalized spacial score (nSPS) is 16.5. The fourth-order valence-electron chi connectivity index (χ4n) is 3.44. The number of nitrogens with zero attached hydrogens (tertiary/aromatic N) is 1. The lowest BCUT2D eigenvalue weighted by atomic mass is 10.1. The average Bonchev–Trinajstić information content (AvgIpc) is 3.31. The number of benzene rings is 2. The third-order valence-corrected chi connectivity index (χ3v) is 5.31. The Morgan fingerprint density at radius 2 is 2.06 bits per heavy atom. The summed E-state index contributed by atoms with van der Waals surface area (Å²) in [7, 11) is 3.12. The predicted molar refractivity (Wildman–Crippen MR) is 117 cm³/mol. The van der Waals surface area contributed by atoms with E-state index in [1.807, 2.05) is 0 Å². The van der Waals surface area contributed by atoms with E-state index < -0.39 is 0 Å². The number of methoxy groups -OCH3 is 2. The maximum Gasteiger partial charge on any atom is 0.256 e. The van der Waals surface area contributed by atoms with Gasteiger partial charge < -0.3 is 23.9 Å². The maximum absolute atomic E-state index is 13.0. The molecule has 4 rings (SSSR count). The van der Waals surface area contributed by atoms with E-state index in [1.54, 1.807) is 56.7 Å². The Hall–Kier alpha value is -3.03. The van der Waals surface area contributed by atoms with E-state index in [2.05, 4.69) is 10.3 Å². The van der Waals surface area contributed by atoms with E-state index in [0.29, 0.717) is 45.3 Å². The molecule has 1 N–H and O–H groups in total. The molecular formula is C23H23ClN2O5. The number of carbonyl (C=O) groups is 1. The number of nitrogens with one attached hydrogen (secondary N) is 1. The summed E-state index contributed by atoms with van der Waals surface area (Å²) in [5.74, 6) is 0.833. The van der Waals surface area contributed by atoms with Gasteiger partial charge in [-0.15, -0.1) is 0 Å². The molecule has 1 aliphatic heterocycles. The second-order valence-electron chi connectivity index (χ2n) is 7.14. The first kappa shape index (κ1) is 21.2. The summed E-state index contributed by atoms with van der Waals surface area (Å²) in [6, 6.07) is 12.2. The van der Waals surface area contributed by atoms with Gasteiger partial charge >= 0.3 is 0 Å². The van der Waals surface area contributed by atoms with Crippen molar-refractivity contribution >= 4 is 34.2 Å². The summed E-state index contributed by atoms with van der Waals surface area (Å²) in [6.45, 7) is 1.15. The number of halogens is 1. The molecule has 1 amide bonds. The molecule has 0 radical (unpaired) electrons. The molecule has 0 spiro atoms. The molecule has 1 fully saturated rings. The molecule has 1 aliphatic rings. The fourth-order valence-corrected chi connectivity index (χ4v) is 3.62. The number of hydrogen-bond acceptors (Lipinski definition) is 6. The number of fused-ring (bicyclic) bond motifs is 1. The van der Waals surface area contributed by atoms with Gasteiger partial charge in [0.15, 0.2) is 0 Å². The van der Waals surface area contributed by atoms with Gasteiger partial charge in [0.2, 0.25) is 5.55 Å². The van der Waals surface area contributed by atoms with Gasteiger partial charge in [-0.3, -0.25) is 4.79 Å². The van der Waals surface area contributed by atoms with E-state index in [9.17, 15) is 4.79 Å². The van der Waals surface area contributed by atoms with Crippen molar-refractivity contribution in [2.45, 2.75) is 18.9 Å². The molecule has 7 nitrogen and oxygen atoms in total.